The van der Waals surface area contributed by atoms with Crippen LogP contribution in [0.25, 0.3) is 0 Å². The molecule has 0 fully saturated rings. The molecular formula is C30H60N2. The van der Waals surface area contributed by atoms with Crippen LogP contribution in [0.3, 0.4) is 0 Å². The van der Waals surface area contributed by atoms with Gasteiger partial charge in [-0.3, -0.25) is 0 Å². The predicted octanol–water partition coefficient (Wildman–Crippen LogP) is 10.0. The van der Waals surface area contributed by atoms with Crippen molar-refractivity contribution in [1.82, 2.24) is 9.80 Å². The van der Waals surface area contributed by atoms with E-state index in [2.05, 4.69) is 43.0 Å². The Morgan fingerprint density at radius 3 is 1.16 bits per heavy atom. The molecule has 1 aliphatic rings. The lowest BCUT2D eigenvalue weighted by Gasteiger charge is -2.33. The maximum Gasteiger partial charge on any atom is 0.101 e. The molecule has 0 aromatic heterocycles. The number of nitrogens with zero attached hydrogens (tertiary/aromatic N) is 2. The molecule has 0 amide bonds. The van der Waals surface area contributed by atoms with Crippen LogP contribution in [0, 0.1) is 0 Å². The molecule has 0 saturated heterocycles. The van der Waals surface area contributed by atoms with Crippen LogP contribution in [-0.4, -0.2) is 29.1 Å². The Hall–Kier alpha value is -0.660. The van der Waals surface area contributed by atoms with Gasteiger partial charge >= 0.3 is 0 Å². The van der Waals surface area contributed by atoms with E-state index in [0.717, 1.165) is 0 Å². The van der Waals surface area contributed by atoms with Crippen molar-refractivity contribution in [2.45, 2.75) is 168 Å². The van der Waals surface area contributed by atoms with E-state index >= 15 is 0 Å². The third-order valence-electron chi connectivity index (χ3n) is 7.32. The Morgan fingerprint density at radius 2 is 0.719 bits per heavy atom. The summed E-state index contributed by atoms with van der Waals surface area (Å²) in [4.78, 5) is 5.31. The van der Waals surface area contributed by atoms with E-state index in [1.807, 2.05) is 0 Å². The van der Waals surface area contributed by atoms with Crippen molar-refractivity contribution in [3.05, 3.63) is 12.4 Å². The largest absolute Gasteiger partial charge is 0.356 e. The normalized spacial score (nSPS) is 15.9. The van der Waals surface area contributed by atoms with E-state index in [1.165, 1.54) is 154 Å². The third kappa shape index (κ3) is 15.2. The summed E-state index contributed by atoms with van der Waals surface area (Å²) in [5, 5.41) is 0. The molecular weight excluding hydrogens is 388 g/mol. The highest BCUT2D eigenvalue weighted by molar-refractivity contribution is 4.96. The Labute approximate surface area is 203 Å². The first kappa shape index (κ1) is 29.4. The van der Waals surface area contributed by atoms with Crippen LogP contribution in [0.15, 0.2) is 12.4 Å². The van der Waals surface area contributed by atoms with Crippen molar-refractivity contribution < 1.29 is 0 Å². The van der Waals surface area contributed by atoms with Crippen molar-refractivity contribution in [3.8, 4) is 0 Å². The van der Waals surface area contributed by atoms with Gasteiger partial charge in [-0.1, -0.05) is 136 Å². The SMILES string of the molecule is CCCCCCCCCCCCCCCCC1N(CCCCC)C=CN1CCCCCC. The Balaban J connectivity index is 2.08. The average molecular weight is 449 g/mol. The van der Waals surface area contributed by atoms with Crippen LogP contribution in [0.2, 0.25) is 0 Å². The quantitative estimate of drug-likeness (QED) is 0.135. The smallest absolute Gasteiger partial charge is 0.101 e. The highest BCUT2D eigenvalue weighted by Gasteiger charge is 2.24. The Morgan fingerprint density at radius 1 is 0.406 bits per heavy atom. The third-order valence-corrected chi connectivity index (χ3v) is 7.32. The molecule has 0 spiro atoms. The fourth-order valence-electron chi connectivity index (χ4n) is 5.13. The molecule has 1 heterocycles. The molecule has 0 aromatic carbocycles. The Bertz CT molecular complexity index is 406. The Kier molecular flexibility index (Phi) is 20.3. The number of hydrogen-bond acceptors (Lipinski definition) is 2. The molecule has 0 bridgehead atoms. The predicted molar refractivity (Wildman–Crippen MR) is 145 cm³/mol. The molecule has 1 unspecified atom stereocenters. The zero-order chi connectivity index (χ0) is 23.1. The van der Waals surface area contributed by atoms with Crippen molar-refractivity contribution in [2.75, 3.05) is 13.1 Å². The molecule has 0 N–H and O–H groups in total. The van der Waals surface area contributed by atoms with Crippen LogP contribution in [-0.2, 0) is 0 Å². The van der Waals surface area contributed by atoms with E-state index < -0.39 is 0 Å². The minimum atomic E-state index is 0.644. The lowest BCUT2D eigenvalue weighted by atomic mass is 10.0. The van der Waals surface area contributed by atoms with Crippen LogP contribution in [0.5, 0.6) is 0 Å². The lowest BCUT2D eigenvalue weighted by molar-refractivity contribution is 0.135. The lowest BCUT2D eigenvalue weighted by Crippen LogP contribution is -2.39. The summed E-state index contributed by atoms with van der Waals surface area (Å²) in [5.41, 5.74) is 0. The molecule has 0 radical (unpaired) electrons. The molecule has 2 heteroatoms. The zero-order valence-corrected chi connectivity index (χ0v) is 22.6. The van der Waals surface area contributed by atoms with E-state index in [0.29, 0.717) is 6.17 Å². The second-order valence-electron chi connectivity index (χ2n) is 10.4. The summed E-state index contributed by atoms with van der Waals surface area (Å²) in [5.74, 6) is 0. The number of rotatable bonds is 24. The van der Waals surface area contributed by atoms with Crippen molar-refractivity contribution in [1.29, 1.82) is 0 Å². The molecule has 1 rings (SSSR count). The van der Waals surface area contributed by atoms with Gasteiger partial charge in [-0.15, -0.1) is 0 Å². The average Bonchev–Trinajstić information content (AvgIpc) is 3.18. The maximum absolute atomic E-state index is 2.66. The molecule has 32 heavy (non-hydrogen) atoms. The van der Waals surface area contributed by atoms with Gasteiger partial charge in [0.25, 0.3) is 0 Å². The fourth-order valence-corrected chi connectivity index (χ4v) is 5.13. The van der Waals surface area contributed by atoms with Gasteiger partial charge in [0.1, 0.15) is 6.17 Å². The van der Waals surface area contributed by atoms with E-state index in [9.17, 15) is 0 Å². The fraction of sp³-hybridized carbons (Fsp3) is 0.933. The van der Waals surface area contributed by atoms with Crippen molar-refractivity contribution in [3.63, 3.8) is 0 Å². The summed E-state index contributed by atoms with van der Waals surface area (Å²) in [6, 6.07) is 0. The standard InChI is InChI=1S/C30H60N2/c1-4-7-10-12-13-14-15-16-17-18-19-20-21-22-25-30-31(26-23-9-6-3)28-29-32(30)27-24-11-8-5-2/h28-30H,4-27H2,1-3H3. The summed E-state index contributed by atoms with van der Waals surface area (Å²) < 4.78 is 0. The van der Waals surface area contributed by atoms with Gasteiger partial charge in [0.15, 0.2) is 0 Å². The van der Waals surface area contributed by atoms with Crippen molar-refractivity contribution in [2.24, 2.45) is 0 Å². The van der Waals surface area contributed by atoms with Gasteiger partial charge in [0.05, 0.1) is 0 Å². The zero-order valence-electron chi connectivity index (χ0n) is 22.6. The van der Waals surface area contributed by atoms with Gasteiger partial charge in [-0.05, 0) is 25.7 Å². The van der Waals surface area contributed by atoms with Crippen LogP contribution in [0.4, 0.5) is 0 Å². The maximum atomic E-state index is 2.66. The minimum absolute atomic E-state index is 0.644. The van der Waals surface area contributed by atoms with Gasteiger partial charge in [-0.2, -0.15) is 0 Å². The first-order valence-corrected chi connectivity index (χ1v) is 15.0. The molecule has 0 aliphatic carbocycles. The summed E-state index contributed by atoms with van der Waals surface area (Å²) in [6.07, 6.45) is 36.6. The van der Waals surface area contributed by atoms with Gasteiger partial charge in [-0.25, -0.2) is 0 Å². The van der Waals surface area contributed by atoms with Crippen LogP contribution in [0.1, 0.15) is 162 Å². The summed E-state index contributed by atoms with van der Waals surface area (Å²) in [7, 11) is 0. The monoisotopic (exact) mass is 448 g/mol. The minimum Gasteiger partial charge on any atom is -0.356 e. The summed E-state index contributed by atoms with van der Waals surface area (Å²) >= 11 is 0. The molecule has 190 valence electrons. The van der Waals surface area contributed by atoms with Crippen LogP contribution < -0.4 is 0 Å². The first-order chi connectivity index (χ1) is 15.8. The first-order valence-electron chi connectivity index (χ1n) is 15.0. The number of unbranched alkanes of at least 4 members (excludes halogenated alkanes) is 18. The molecule has 0 aromatic rings. The molecule has 0 saturated carbocycles. The van der Waals surface area contributed by atoms with Crippen LogP contribution >= 0.6 is 0 Å². The van der Waals surface area contributed by atoms with E-state index in [-0.39, 0.29) is 0 Å². The van der Waals surface area contributed by atoms with Crippen molar-refractivity contribution >= 4 is 0 Å². The highest BCUT2D eigenvalue weighted by atomic mass is 15.4. The highest BCUT2D eigenvalue weighted by Crippen LogP contribution is 2.23. The van der Waals surface area contributed by atoms with Gasteiger partial charge in [0, 0.05) is 25.5 Å². The second kappa shape index (κ2) is 22.1. The molecule has 1 aliphatic heterocycles. The topological polar surface area (TPSA) is 6.48 Å². The second-order valence-corrected chi connectivity index (χ2v) is 10.4. The molecule has 1 atom stereocenters. The van der Waals surface area contributed by atoms with Gasteiger partial charge in [0.2, 0.25) is 0 Å². The summed E-state index contributed by atoms with van der Waals surface area (Å²) in [6.45, 7) is 9.43. The number of hydrogen-bond donors (Lipinski definition) is 0. The van der Waals surface area contributed by atoms with E-state index in [1.54, 1.807) is 0 Å². The molecule has 2 nitrogen and oxygen atoms in total. The van der Waals surface area contributed by atoms with Gasteiger partial charge < -0.3 is 9.80 Å². The van der Waals surface area contributed by atoms with E-state index in [4.69, 9.17) is 0 Å².